The van der Waals surface area contributed by atoms with Gasteiger partial charge >= 0.3 is 6.18 Å². The second kappa shape index (κ2) is 10.1. The van der Waals surface area contributed by atoms with Gasteiger partial charge < -0.3 is 30.7 Å². The fraction of sp³-hybridized carbons (Fsp3) is 0.250. The topological polar surface area (TPSA) is 102 Å². The van der Waals surface area contributed by atoms with Crippen molar-refractivity contribution >= 4 is 34.5 Å². The van der Waals surface area contributed by atoms with Gasteiger partial charge in [0.25, 0.3) is 5.91 Å². The van der Waals surface area contributed by atoms with Crippen LogP contribution in [0.25, 0.3) is 0 Å². The van der Waals surface area contributed by atoms with Crippen LogP contribution in [0.2, 0.25) is 0 Å². The number of hydrogen-bond donors (Lipinski definition) is 3. The SMILES string of the molecule is COc1cc(N2CCOCC2)ccc1Nc1cc(Nc2ccccc2C(N)=O)c(C(F)(F)F)cn1. The first kappa shape index (κ1) is 24.1. The molecule has 35 heavy (non-hydrogen) atoms. The maximum atomic E-state index is 13.7. The average molecular weight is 487 g/mol. The average Bonchev–Trinajstić information content (AvgIpc) is 2.84. The van der Waals surface area contributed by atoms with Crippen LogP contribution in [0.15, 0.2) is 54.7 Å². The molecule has 3 aromatic rings. The third kappa shape index (κ3) is 5.57. The Kier molecular flexibility index (Phi) is 6.97. The van der Waals surface area contributed by atoms with Gasteiger partial charge in [-0.3, -0.25) is 4.79 Å². The van der Waals surface area contributed by atoms with Crippen molar-refractivity contribution in [2.45, 2.75) is 6.18 Å². The molecule has 0 atom stereocenters. The summed E-state index contributed by atoms with van der Waals surface area (Å²) in [6.07, 6.45) is -3.95. The number of carbonyl (C=O) groups excluding carboxylic acids is 1. The van der Waals surface area contributed by atoms with E-state index in [1.807, 2.05) is 12.1 Å². The molecule has 8 nitrogen and oxygen atoms in total. The number of halogens is 3. The maximum Gasteiger partial charge on any atom is 0.419 e. The van der Waals surface area contributed by atoms with Crippen LogP contribution >= 0.6 is 0 Å². The minimum absolute atomic E-state index is 0.0623. The van der Waals surface area contributed by atoms with Gasteiger partial charge in [0.05, 0.1) is 48.5 Å². The van der Waals surface area contributed by atoms with Crippen LogP contribution in [0.4, 0.5) is 41.7 Å². The summed E-state index contributed by atoms with van der Waals surface area (Å²) < 4.78 is 51.9. The van der Waals surface area contributed by atoms with Gasteiger partial charge in [-0.2, -0.15) is 13.2 Å². The number of anilines is 5. The van der Waals surface area contributed by atoms with E-state index in [9.17, 15) is 18.0 Å². The molecule has 0 aliphatic carbocycles. The number of nitrogens with two attached hydrogens (primary N) is 1. The molecular formula is C24H24F3N5O3. The Morgan fingerprint density at radius 2 is 1.80 bits per heavy atom. The molecule has 1 aliphatic heterocycles. The number of pyridine rings is 1. The molecular weight excluding hydrogens is 463 g/mol. The lowest BCUT2D eigenvalue weighted by molar-refractivity contribution is -0.137. The standard InChI is InChI=1S/C24H24F3N5O3/c1-34-21-12-15(32-8-10-35-11-9-32)6-7-19(21)31-22-13-20(17(14-29-22)24(25,26)27)30-18-5-3-2-4-16(18)23(28)33/h2-7,12-14H,8-11H2,1H3,(H2,28,33)(H2,29,30,31). The molecule has 184 valence electrons. The molecule has 0 bridgehead atoms. The number of carbonyl (C=O) groups is 1. The van der Waals surface area contributed by atoms with E-state index in [1.54, 1.807) is 18.2 Å². The number of amides is 1. The summed E-state index contributed by atoms with van der Waals surface area (Å²) >= 11 is 0. The first-order chi connectivity index (χ1) is 16.8. The zero-order valence-electron chi connectivity index (χ0n) is 18.9. The third-order valence-electron chi connectivity index (χ3n) is 5.50. The number of nitrogens with zero attached hydrogens (tertiary/aromatic N) is 2. The van der Waals surface area contributed by atoms with E-state index in [4.69, 9.17) is 15.2 Å². The van der Waals surface area contributed by atoms with Crippen molar-refractivity contribution < 1.29 is 27.4 Å². The third-order valence-corrected chi connectivity index (χ3v) is 5.50. The fourth-order valence-electron chi connectivity index (χ4n) is 3.74. The Morgan fingerprint density at radius 3 is 2.49 bits per heavy atom. The normalized spacial score (nSPS) is 13.9. The highest BCUT2D eigenvalue weighted by atomic mass is 19.4. The highest BCUT2D eigenvalue weighted by Crippen LogP contribution is 2.38. The molecule has 2 heterocycles. The van der Waals surface area contributed by atoms with E-state index in [2.05, 4.69) is 20.5 Å². The summed E-state index contributed by atoms with van der Waals surface area (Å²) in [6, 6.07) is 12.8. The van der Waals surface area contributed by atoms with Crippen molar-refractivity contribution in [3.05, 3.63) is 65.9 Å². The number of methoxy groups -OCH3 is 1. The molecule has 1 aromatic heterocycles. The maximum absolute atomic E-state index is 13.7. The molecule has 1 aliphatic rings. The van der Waals surface area contributed by atoms with Crippen molar-refractivity contribution in [1.82, 2.24) is 4.98 Å². The van der Waals surface area contributed by atoms with E-state index in [0.717, 1.165) is 25.0 Å². The van der Waals surface area contributed by atoms with E-state index >= 15 is 0 Å². The summed E-state index contributed by atoms with van der Waals surface area (Å²) in [5.74, 6) is -0.113. The van der Waals surface area contributed by atoms with Crippen molar-refractivity contribution in [2.24, 2.45) is 5.73 Å². The lowest BCUT2D eigenvalue weighted by Gasteiger charge is -2.29. The zero-order chi connectivity index (χ0) is 25.0. The number of rotatable bonds is 7. The van der Waals surface area contributed by atoms with Crippen LogP contribution in [0, 0.1) is 0 Å². The summed E-state index contributed by atoms with van der Waals surface area (Å²) in [4.78, 5) is 17.8. The van der Waals surface area contributed by atoms with E-state index in [0.29, 0.717) is 24.7 Å². The van der Waals surface area contributed by atoms with Crippen molar-refractivity contribution in [3.63, 3.8) is 0 Å². The number of para-hydroxylation sites is 1. The van der Waals surface area contributed by atoms with Gasteiger partial charge in [-0.1, -0.05) is 12.1 Å². The minimum Gasteiger partial charge on any atom is -0.494 e. The highest BCUT2D eigenvalue weighted by molar-refractivity contribution is 5.99. The summed E-state index contributed by atoms with van der Waals surface area (Å²) in [5, 5.41) is 5.70. The van der Waals surface area contributed by atoms with Crippen molar-refractivity contribution in [1.29, 1.82) is 0 Å². The molecule has 0 radical (unpaired) electrons. The predicted molar refractivity (Wildman–Crippen MR) is 127 cm³/mol. The Labute approximate surface area is 199 Å². The Hall–Kier alpha value is -3.99. The number of ether oxygens (including phenoxy) is 2. The Balaban J connectivity index is 1.65. The van der Waals surface area contributed by atoms with Gasteiger partial charge in [-0.05, 0) is 24.3 Å². The number of hydrogen-bond acceptors (Lipinski definition) is 7. The summed E-state index contributed by atoms with van der Waals surface area (Å²) in [5.41, 5.74) is 5.78. The molecule has 1 saturated heterocycles. The van der Waals surface area contributed by atoms with Gasteiger partial charge in [-0.25, -0.2) is 4.98 Å². The molecule has 1 amide bonds. The lowest BCUT2D eigenvalue weighted by Crippen LogP contribution is -2.36. The number of nitrogens with one attached hydrogen (secondary N) is 2. The minimum atomic E-state index is -4.67. The summed E-state index contributed by atoms with van der Waals surface area (Å²) in [6.45, 7) is 2.76. The summed E-state index contributed by atoms with van der Waals surface area (Å²) in [7, 11) is 1.51. The molecule has 4 rings (SSSR count). The number of benzene rings is 2. The predicted octanol–water partition coefficient (Wildman–Crippen LogP) is 4.53. The molecule has 0 spiro atoms. The number of aromatic nitrogens is 1. The van der Waals surface area contributed by atoms with Crippen LogP contribution in [-0.4, -0.2) is 44.3 Å². The van der Waals surface area contributed by atoms with Gasteiger partial charge in [0.1, 0.15) is 11.6 Å². The molecule has 0 unspecified atom stereocenters. The first-order valence-electron chi connectivity index (χ1n) is 10.8. The fourth-order valence-corrected chi connectivity index (χ4v) is 3.74. The molecule has 4 N–H and O–H groups in total. The molecule has 1 fully saturated rings. The number of morpholine rings is 1. The van der Waals surface area contributed by atoms with Crippen LogP contribution in [0.1, 0.15) is 15.9 Å². The lowest BCUT2D eigenvalue weighted by atomic mass is 10.1. The molecule has 2 aromatic carbocycles. The highest BCUT2D eigenvalue weighted by Gasteiger charge is 2.34. The van der Waals surface area contributed by atoms with Crippen LogP contribution in [0.5, 0.6) is 5.75 Å². The second-order valence-electron chi connectivity index (χ2n) is 7.76. The number of primary amides is 1. The smallest absolute Gasteiger partial charge is 0.419 e. The van der Waals surface area contributed by atoms with E-state index < -0.39 is 17.6 Å². The monoisotopic (exact) mass is 487 g/mol. The quantitative estimate of drug-likeness (QED) is 0.450. The van der Waals surface area contributed by atoms with Gasteiger partial charge in [0.15, 0.2) is 0 Å². The Bertz CT molecular complexity index is 1210. The molecule has 11 heteroatoms. The zero-order valence-corrected chi connectivity index (χ0v) is 18.9. The van der Waals surface area contributed by atoms with Crippen LogP contribution in [-0.2, 0) is 10.9 Å². The van der Waals surface area contributed by atoms with Gasteiger partial charge in [0.2, 0.25) is 0 Å². The van der Waals surface area contributed by atoms with E-state index in [-0.39, 0.29) is 22.8 Å². The second-order valence-corrected chi connectivity index (χ2v) is 7.76. The number of alkyl halides is 3. The van der Waals surface area contributed by atoms with Crippen molar-refractivity contribution in [3.8, 4) is 5.75 Å². The van der Waals surface area contributed by atoms with Crippen LogP contribution < -0.4 is 26.0 Å². The van der Waals surface area contributed by atoms with Gasteiger partial charge in [0, 0.05) is 37.1 Å². The largest absolute Gasteiger partial charge is 0.494 e. The van der Waals surface area contributed by atoms with Gasteiger partial charge in [-0.15, -0.1) is 0 Å². The van der Waals surface area contributed by atoms with Crippen molar-refractivity contribution in [2.75, 3.05) is 48.9 Å². The first-order valence-corrected chi connectivity index (χ1v) is 10.8. The van der Waals surface area contributed by atoms with E-state index in [1.165, 1.54) is 25.3 Å². The Morgan fingerprint density at radius 1 is 1.06 bits per heavy atom. The molecule has 0 saturated carbocycles. The van der Waals surface area contributed by atoms with Crippen LogP contribution in [0.3, 0.4) is 0 Å².